The molecule has 0 aliphatic heterocycles. The van der Waals surface area contributed by atoms with Gasteiger partial charge in [-0.25, -0.2) is 9.36 Å². The van der Waals surface area contributed by atoms with Gasteiger partial charge in [0.15, 0.2) is 5.82 Å². The Kier molecular flexibility index (Phi) is 3.05. The number of anilines is 1. The number of carbonyl (C=O) groups is 1. The number of nitrogens with zero attached hydrogens (tertiary/aromatic N) is 4. The van der Waals surface area contributed by atoms with Crippen molar-refractivity contribution in [2.45, 2.75) is 26.8 Å². The first-order chi connectivity index (χ1) is 8.54. The Balaban J connectivity index is 2.51. The molecule has 0 aromatic carbocycles. The van der Waals surface area contributed by atoms with Gasteiger partial charge in [0.25, 0.3) is 5.91 Å². The Bertz CT molecular complexity index is 582. The van der Waals surface area contributed by atoms with Crippen LogP contribution in [0, 0.1) is 6.92 Å². The maximum absolute atomic E-state index is 11.1. The van der Waals surface area contributed by atoms with Crippen LogP contribution < -0.4 is 11.5 Å². The van der Waals surface area contributed by atoms with E-state index in [1.165, 1.54) is 10.9 Å². The molecule has 4 N–H and O–H groups in total. The van der Waals surface area contributed by atoms with Crippen LogP contribution in [-0.2, 0) is 6.54 Å². The van der Waals surface area contributed by atoms with E-state index in [0.29, 0.717) is 17.1 Å². The molecule has 0 unspecified atom stereocenters. The molecule has 7 heteroatoms. The number of primary amides is 1. The summed E-state index contributed by atoms with van der Waals surface area (Å²) in [7, 11) is 0. The standard InChI is InChI=1S/C11H16N6O/c1-3-4-16-11(9(12)7(2)15-16)17-6-8(5-14-17)10(13)18/h5-6H,3-4,12H2,1-2H3,(H2,13,18). The molecule has 2 aromatic rings. The van der Waals surface area contributed by atoms with Crippen molar-refractivity contribution in [1.29, 1.82) is 0 Å². The largest absolute Gasteiger partial charge is 0.394 e. The van der Waals surface area contributed by atoms with Crippen LogP contribution in [0.3, 0.4) is 0 Å². The summed E-state index contributed by atoms with van der Waals surface area (Å²) >= 11 is 0. The van der Waals surface area contributed by atoms with Crippen molar-refractivity contribution in [3.8, 4) is 5.82 Å². The lowest BCUT2D eigenvalue weighted by Crippen LogP contribution is -2.11. The van der Waals surface area contributed by atoms with Gasteiger partial charge < -0.3 is 11.5 Å². The Morgan fingerprint density at radius 2 is 2.22 bits per heavy atom. The van der Waals surface area contributed by atoms with Crippen LogP contribution >= 0.6 is 0 Å². The molecule has 7 nitrogen and oxygen atoms in total. The van der Waals surface area contributed by atoms with Crippen molar-refractivity contribution >= 4 is 11.6 Å². The van der Waals surface area contributed by atoms with Gasteiger partial charge in [0.05, 0.1) is 23.1 Å². The summed E-state index contributed by atoms with van der Waals surface area (Å²) in [6.07, 6.45) is 3.90. The van der Waals surface area contributed by atoms with Crippen molar-refractivity contribution in [2.24, 2.45) is 5.73 Å². The molecular formula is C11H16N6O. The number of nitrogen functional groups attached to an aromatic ring is 1. The summed E-state index contributed by atoms with van der Waals surface area (Å²) in [6, 6.07) is 0. The predicted molar refractivity (Wildman–Crippen MR) is 67.3 cm³/mol. The smallest absolute Gasteiger partial charge is 0.251 e. The van der Waals surface area contributed by atoms with Crippen LogP contribution in [0.4, 0.5) is 5.69 Å². The topological polar surface area (TPSA) is 105 Å². The normalized spacial score (nSPS) is 10.8. The van der Waals surface area contributed by atoms with Crippen LogP contribution in [0.1, 0.15) is 29.4 Å². The number of nitrogens with two attached hydrogens (primary N) is 2. The third kappa shape index (κ3) is 1.94. The Morgan fingerprint density at radius 3 is 2.78 bits per heavy atom. The van der Waals surface area contributed by atoms with Gasteiger partial charge in [-0.2, -0.15) is 10.2 Å². The van der Waals surface area contributed by atoms with E-state index in [-0.39, 0.29) is 0 Å². The molecule has 18 heavy (non-hydrogen) atoms. The van der Waals surface area contributed by atoms with Crippen molar-refractivity contribution in [2.75, 3.05) is 5.73 Å². The van der Waals surface area contributed by atoms with E-state index in [9.17, 15) is 4.79 Å². The zero-order valence-corrected chi connectivity index (χ0v) is 10.4. The second-order valence-corrected chi connectivity index (χ2v) is 4.08. The van der Waals surface area contributed by atoms with Gasteiger partial charge in [0.2, 0.25) is 0 Å². The molecule has 0 aliphatic rings. The van der Waals surface area contributed by atoms with Crippen LogP contribution in [0.5, 0.6) is 0 Å². The maximum atomic E-state index is 11.1. The molecule has 0 radical (unpaired) electrons. The van der Waals surface area contributed by atoms with Gasteiger partial charge in [-0.3, -0.25) is 4.79 Å². The number of hydrogen-bond acceptors (Lipinski definition) is 4. The van der Waals surface area contributed by atoms with Gasteiger partial charge in [-0.15, -0.1) is 0 Å². The number of hydrogen-bond donors (Lipinski definition) is 2. The third-order valence-corrected chi connectivity index (χ3v) is 2.67. The van der Waals surface area contributed by atoms with Crippen LogP contribution in [-0.4, -0.2) is 25.5 Å². The SMILES string of the molecule is CCCn1nc(C)c(N)c1-n1cc(C(N)=O)cn1. The number of amides is 1. The highest BCUT2D eigenvalue weighted by Gasteiger charge is 2.16. The molecule has 0 atom stereocenters. The molecule has 96 valence electrons. The molecule has 2 aromatic heterocycles. The minimum atomic E-state index is -0.516. The first kappa shape index (κ1) is 12.2. The molecular weight excluding hydrogens is 232 g/mol. The van der Waals surface area contributed by atoms with E-state index in [4.69, 9.17) is 11.5 Å². The zero-order chi connectivity index (χ0) is 13.3. The number of carbonyl (C=O) groups excluding carboxylic acids is 1. The molecule has 2 heterocycles. The van der Waals surface area contributed by atoms with Gasteiger partial charge in [0, 0.05) is 12.7 Å². The minimum absolute atomic E-state index is 0.344. The Morgan fingerprint density at radius 1 is 1.50 bits per heavy atom. The highest BCUT2D eigenvalue weighted by atomic mass is 16.1. The van der Waals surface area contributed by atoms with Gasteiger partial charge in [-0.05, 0) is 13.3 Å². The fourth-order valence-corrected chi connectivity index (χ4v) is 1.76. The van der Waals surface area contributed by atoms with Gasteiger partial charge >= 0.3 is 0 Å². The highest BCUT2D eigenvalue weighted by Crippen LogP contribution is 2.21. The summed E-state index contributed by atoms with van der Waals surface area (Å²) in [5, 5.41) is 8.44. The van der Waals surface area contributed by atoms with E-state index < -0.39 is 5.91 Å². The van der Waals surface area contributed by atoms with Crippen molar-refractivity contribution in [3.05, 3.63) is 23.7 Å². The van der Waals surface area contributed by atoms with Crippen LogP contribution in [0.2, 0.25) is 0 Å². The maximum Gasteiger partial charge on any atom is 0.251 e. The average molecular weight is 248 g/mol. The third-order valence-electron chi connectivity index (χ3n) is 2.67. The Labute approximate surface area is 104 Å². The summed E-state index contributed by atoms with van der Waals surface area (Å²) in [5.41, 5.74) is 12.8. The first-order valence-electron chi connectivity index (χ1n) is 5.72. The van der Waals surface area contributed by atoms with Crippen molar-refractivity contribution in [3.63, 3.8) is 0 Å². The predicted octanol–water partition coefficient (Wildman–Crippen LogP) is 0.468. The van der Waals surface area contributed by atoms with Gasteiger partial charge in [0.1, 0.15) is 0 Å². The lowest BCUT2D eigenvalue weighted by Gasteiger charge is -2.06. The van der Waals surface area contributed by atoms with Crippen molar-refractivity contribution in [1.82, 2.24) is 19.6 Å². The number of aromatic nitrogens is 4. The molecule has 0 aliphatic carbocycles. The average Bonchev–Trinajstić information content (AvgIpc) is 2.87. The summed E-state index contributed by atoms with van der Waals surface area (Å²) in [5.74, 6) is 0.153. The molecule has 0 fully saturated rings. The fourth-order valence-electron chi connectivity index (χ4n) is 1.76. The molecule has 0 bridgehead atoms. The van der Waals surface area contributed by atoms with Crippen LogP contribution in [0.25, 0.3) is 5.82 Å². The summed E-state index contributed by atoms with van der Waals surface area (Å²) in [6.45, 7) is 4.62. The molecule has 1 amide bonds. The molecule has 0 spiro atoms. The summed E-state index contributed by atoms with van der Waals surface area (Å²) < 4.78 is 3.31. The fraction of sp³-hybridized carbons (Fsp3) is 0.364. The van der Waals surface area contributed by atoms with Crippen LogP contribution in [0.15, 0.2) is 12.4 Å². The number of rotatable bonds is 4. The Hall–Kier alpha value is -2.31. The van der Waals surface area contributed by atoms with E-state index in [1.54, 1.807) is 10.9 Å². The molecule has 0 saturated carbocycles. The molecule has 2 rings (SSSR count). The van der Waals surface area contributed by atoms with Crippen molar-refractivity contribution < 1.29 is 4.79 Å². The van der Waals surface area contributed by atoms with E-state index in [2.05, 4.69) is 17.1 Å². The second kappa shape index (κ2) is 4.52. The zero-order valence-electron chi connectivity index (χ0n) is 10.4. The minimum Gasteiger partial charge on any atom is -0.394 e. The van der Waals surface area contributed by atoms with Gasteiger partial charge in [-0.1, -0.05) is 6.92 Å². The lowest BCUT2D eigenvalue weighted by atomic mass is 10.3. The highest BCUT2D eigenvalue weighted by molar-refractivity contribution is 5.92. The van der Waals surface area contributed by atoms with E-state index in [0.717, 1.165) is 18.7 Å². The quantitative estimate of drug-likeness (QED) is 0.820. The lowest BCUT2D eigenvalue weighted by molar-refractivity contribution is 0.100. The molecule has 0 saturated heterocycles. The second-order valence-electron chi connectivity index (χ2n) is 4.08. The summed E-state index contributed by atoms with van der Waals surface area (Å²) in [4.78, 5) is 11.1. The van der Waals surface area contributed by atoms with E-state index in [1.807, 2.05) is 6.92 Å². The first-order valence-corrected chi connectivity index (χ1v) is 5.72. The monoisotopic (exact) mass is 248 g/mol. The number of aryl methyl sites for hydroxylation is 2. The van der Waals surface area contributed by atoms with E-state index >= 15 is 0 Å².